The second-order valence-electron chi connectivity index (χ2n) is 3.19. The maximum atomic E-state index is 11.0. The molecule has 1 saturated heterocycles. The highest BCUT2D eigenvalue weighted by Gasteiger charge is 2.17. The van der Waals surface area contributed by atoms with Crippen molar-refractivity contribution in [2.45, 2.75) is 18.9 Å². The van der Waals surface area contributed by atoms with E-state index < -0.39 is 5.69 Å². The highest BCUT2D eigenvalue weighted by atomic mass is 16.2. The standard InChI is InChI=1S/C8H11N3O2/c12-7-4-6(10-8(13)11-7)5-2-1-3-9-5/h4-5,9H,1-3H2,(H2,10,11,12,13). The van der Waals surface area contributed by atoms with Crippen LogP contribution in [0.1, 0.15) is 24.6 Å². The summed E-state index contributed by atoms with van der Waals surface area (Å²) in [5.41, 5.74) is -0.0881. The number of aromatic amines is 2. The number of hydrogen-bond donors (Lipinski definition) is 3. The molecule has 1 aliphatic heterocycles. The first-order valence-electron chi connectivity index (χ1n) is 4.32. The third-order valence-corrected chi connectivity index (χ3v) is 2.22. The van der Waals surface area contributed by atoms with E-state index in [4.69, 9.17) is 0 Å². The Hall–Kier alpha value is -1.36. The topological polar surface area (TPSA) is 77.8 Å². The largest absolute Gasteiger partial charge is 0.325 e. The molecule has 0 saturated carbocycles. The second-order valence-corrected chi connectivity index (χ2v) is 3.19. The summed E-state index contributed by atoms with van der Waals surface area (Å²) >= 11 is 0. The average Bonchev–Trinajstić information content (AvgIpc) is 2.53. The van der Waals surface area contributed by atoms with Gasteiger partial charge < -0.3 is 10.3 Å². The molecule has 1 aromatic heterocycles. The van der Waals surface area contributed by atoms with Crippen LogP contribution in [0.3, 0.4) is 0 Å². The van der Waals surface area contributed by atoms with Crippen LogP contribution in [0, 0.1) is 0 Å². The molecule has 0 spiro atoms. The molecule has 13 heavy (non-hydrogen) atoms. The zero-order valence-electron chi connectivity index (χ0n) is 7.09. The van der Waals surface area contributed by atoms with Gasteiger partial charge in [0.05, 0.1) is 0 Å². The summed E-state index contributed by atoms with van der Waals surface area (Å²) in [6, 6.07) is 1.57. The van der Waals surface area contributed by atoms with Crippen LogP contribution in [0.4, 0.5) is 0 Å². The van der Waals surface area contributed by atoms with Crippen LogP contribution in [0.2, 0.25) is 0 Å². The highest BCUT2D eigenvalue weighted by molar-refractivity contribution is 5.06. The molecule has 2 rings (SSSR count). The minimum absolute atomic E-state index is 0.134. The van der Waals surface area contributed by atoms with Gasteiger partial charge in [-0.25, -0.2) is 4.79 Å². The number of nitrogens with one attached hydrogen (secondary N) is 3. The van der Waals surface area contributed by atoms with Gasteiger partial charge in [-0.1, -0.05) is 0 Å². The average molecular weight is 181 g/mol. The van der Waals surface area contributed by atoms with Gasteiger partial charge in [-0.05, 0) is 19.4 Å². The van der Waals surface area contributed by atoms with Gasteiger partial charge in [0.15, 0.2) is 0 Å². The summed E-state index contributed by atoms with van der Waals surface area (Å²) in [7, 11) is 0. The van der Waals surface area contributed by atoms with Gasteiger partial charge in [-0.3, -0.25) is 9.78 Å². The number of aromatic nitrogens is 2. The molecular weight excluding hydrogens is 170 g/mol. The maximum absolute atomic E-state index is 11.0. The van der Waals surface area contributed by atoms with Gasteiger partial charge in [-0.2, -0.15) is 0 Å². The number of hydrogen-bond acceptors (Lipinski definition) is 3. The van der Waals surface area contributed by atoms with Gasteiger partial charge >= 0.3 is 5.69 Å². The van der Waals surface area contributed by atoms with E-state index in [1.165, 1.54) is 6.07 Å². The summed E-state index contributed by atoms with van der Waals surface area (Å²) < 4.78 is 0. The van der Waals surface area contributed by atoms with Crippen LogP contribution in [0.5, 0.6) is 0 Å². The Morgan fingerprint density at radius 1 is 1.31 bits per heavy atom. The molecule has 1 fully saturated rings. The van der Waals surface area contributed by atoms with Crippen molar-refractivity contribution >= 4 is 0 Å². The predicted octanol–water partition coefficient (Wildman–Crippen LogP) is -0.512. The van der Waals surface area contributed by atoms with Gasteiger partial charge in [0.1, 0.15) is 0 Å². The minimum Gasteiger partial charge on any atom is -0.310 e. The third kappa shape index (κ3) is 1.70. The smallest absolute Gasteiger partial charge is 0.310 e. The van der Waals surface area contributed by atoms with Gasteiger partial charge in [0, 0.05) is 17.8 Å². The van der Waals surface area contributed by atoms with Gasteiger partial charge in [0.2, 0.25) is 0 Å². The Morgan fingerprint density at radius 2 is 2.15 bits per heavy atom. The van der Waals surface area contributed by atoms with E-state index in [1.807, 2.05) is 0 Å². The lowest BCUT2D eigenvalue weighted by Crippen LogP contribution is -2.26. The fourth-order valence-corrected chi connectivity index (χ4v) is 1.63. The van der Waals surface area contributed by atoms with Crippen molar-refractivity contribution in [3.05, 3.63) is 32.6 Å². The van der Waals surface area contributed by atoms with Gasteiger partial charge in [-0.15, -0.1) is 0 Å². The van der Waals surface area contributed by atoms with Crippen molar-refractivity contribution in [3.63, 3.8) is 0 Å². The van der Waals surface area contributed by atoms with E-state index in [9.17, 15) is 9.59 Å². The zero-order chi connectivity index (χ0) is 9.26. The lowest BCUT2D eigenvalue weighted by atomic mass is 10.1. The fraction of sp³-hybridized carbons (Fsp3) is 0.500. The van der Waals surface area contributed by atoms with E-state index in [0.29, 0.717) is 5.69 Å². The number of H-pyrrole nitrogens is 2. The molecule has 0 radical (unpaired) electrons. The van der Waals surface area contributed by atoms with Crippen molar-refractivity contribution in [2.24, 2.45) is 0 Å². The van der Waals surface area contributed by atoms with Crippen molar-refractivity contribution in [3.8, 4) is 0 Å². The fourth-order valence-electron chi connectivity index (χ4n) is 1.63. The van der Waals surface area contributed by atoms with Gasteiger partial charge in [0.25, 0.3) is 5.56 Å². The molecule has 0 bridgehead atoms. The molecule has 0 aromatic carbocycles. The SMILES string of the molecule is O=c1cc(C2CCCN2)[nH]c(=O)[nH]1. The van der Waals surface area contributed by atoms with E-state index in [2.05, 4.69) is 15.3 Å². The monoisotopic (exact) mass is 181 g/mol. The van der Waals surface area contributed by atoms with Crippen molar-refractivity contribution in [1.29, 1.82) is 0 Å². The molecule has 2 heterocycles. The molecule has 1 aliphatic rings. The van der Waals surface area contributed by atoms with E-state index in [-0.39, 0.29) is 11.6 Å². The molecular formula is C8H11N3O2. The zero-order valence-corrected chi connectivity index (χ0v) is 7.09. The summed E-state index contributed by atoms with van der Waals surface area (Å²) in [5, 5.41) is 3.20. The van der Waals surface area contributed by atoms with Crippen LogP contribution >= 0.6 is 0 Å². The quantitative estimate of drug-likeness (QED) is 0.546. The molecule has 1 unspecified atom stereocenters. The Bertz CT molecular complexity index is 372. The first-order valence-corrected chi connectivity index (χ1v) is 4.32. The van der Waals surface area contributed by atoms with Crippen molar-refractivity contribution in [1.82, 2.24) is 15.3 Å². The first kappa shape index (κ1) is 8.25. The Balaban J connectivity index is 2.39. The predicted molar refractivity (Wildman–Crippen MR) is 47.7 cm³/mol. The highest BCUT2D eigenvalue weighted by Crippen LogP contribution is 2.18. The van der Waals surface area contributed by atoms with Crippen LogP contribution in [-0.4, -0.2) is 16.5 Å². The molecule has 5 nitrogen and oxygen atoms in total. The first-order chi connectivity index (χ1) is 6.25. The van der Waals surface area contributed by atoms with Crippen molar-refractivity contribution < 1.29 is 0 Å². The molecule has 0 amide bonds. The molecule has 0 aliphatic carbocycles. The molecule has 1 aromatic rings. The summed E-state index contributed by atoms with van der Waals surface area (Å²) in [6.07, 6.45) is 2.05. The van der Waals surface area contributed by atoms with Crippen molar-refractivity contribution in [2.75, 3.05) is 6.54 Å². The van der Waals surface area contributed by atoms with Crippen LogP contribution < -0.4 is 16.6 Å². The van der Waals surface area contributed by atoms with E-state index in [0.717, 1.165) is 19.4 Å². The summed E-state index contributed by atoms with van der Waals surface area (Å²) in [5.74, 6) is 0. The summed E-state index contributed by atoms with van der Waals surface area (Å²) in [6.45, 7) is 0.944. The molecule has 70 valence electrons. The molecule has 1 atom stereocenters. The Labute approximate surface area is 74.2 Å². The molecule has 3 N–H and O–H groups in total. The number of rotatable bonds is 1. The lowest BCUT2D eigenvalue weighted by molar-refractivity contribution is 0.620. The Kier molecular flexibility index (Phi) is 2.02. The molecule has 5 heteroatoms. The summed E-state index contributed by atoms with van der Waals surface area (Å²) in [4.78, 5) is 26.6. The minimum atomic E-state index is -0.434. The van der Waals surface area contributed by atoms with Crippen LogP contribution in [-0.2, 0) is 0 Å². The maximum Gasteiger partial charge on any atom is 0.325 e. The van der Waals surface area contributed by atoms with Crippen LogP contribution in [0.25, 0.3) is 0 Å². The Morgan fingerprint density at radius 3 is 2.77 bits per heavy atom. The van der Waals surface area contributed by atoms with Crippen LogP contribution in [0.15, 0.2) is 15.7 Å². The lowest BCUT2D eigenvalue weighted by Gasteiger charge is -2.08. The second kappa shape index (κ2) is 3.18. The third-order valence-electron chi connectivity index (χ3n) is 2.22. The van der Waals surface area contributed by atoms with E-state index in [1.54, 1.807) is 0 Å². The van der Waals surface area contributed by atoms with E-state index >= 15 is 0 Å². The normalized spacial score (nSPS) is 22.0.